The summed E-state index contributed by atoms with van der Waals surface area (Å²) >= 11 is 0. The summed E-state index contributed by atoms with van der Waals surface area (Å²) in [6.07, 6.45) is 1.59. The Morgan fingerprint density at radius 2 is 1.23 bits per heavy atom. The van der Waals surface area contributed by atoms with E-state index in [1.165, 1.54) is 12.1 Å². The van der Waals surface area contributed by atoms with Crippen molar-refractivity contribution < 1.29 is 8.78 Å². The molecule has 0 heterocycles. The fraction of sp³-hybridized carbons (Fsp3) is 0. The molecule has 0 saturated carbocycles. The van der Waals surface area contributed by atoms with Crippen molar-refractivity contribution in [2.45, 2.75) is 0 Å². The molecular weight excluding hydrogens is 380 g/mol. The summed E-state index contributed by atoms with van der Waals surface area (Å²) in [6, 6.07) is 31.4. The maximum Gasteiger partial charge on any atom is 0.151 e. The lowest BCUT2D eigenvalue weighted by Gasteiger charge is -2.25. The number of nitrogens with zero attached hydrogens (tertiary/aromatic N) is 2. The Morgan fingerprint density at radius 3 is 1.80 bits per heavy atom. The van der Waals surface area contributed by atoms with Crippen LogP contribution >= 0.6 is 0 Å². The molecule has 0 amide bonds. The van der Waals surface area contributed by atoms with Crippen molar-refractivity contribution in [1.29, 1.82) is 0 Å². The second kappa shape index (κ2) is 9.01. The van der Waals surface area contributed by atoms with Gasteiger partial charge in [-0.2, -0.15) is 5.10 Å². The summed E-state index contributed by atoms with van der Waals surface area (Å²) in [7, 11) is 0. The van der Waals surface area contributed by atoms with Crippen LogP contribution in [0.5, 0.6) is 0 Å². The average Bonchev–Trinajstić information content (AvgIpc) is 2.78. The number of benzene rings is 4. The van der Waals surface area contributed by atoms with Crippen LogP contribution in [0.1, 0.15) is 5.56 Å². The second-order valence-electron chi connectivity index (χ2n) is 6.59. The fourth-order valence-corrected chi connectivity index (χ4v) is 3.07. The van der Waals surface area contributed by atoms with Crippen molar-refractivity contribution in [2.75, 3.05) is 10.3 Å². The molecule has 0 radical (unpaired) electrons. The summed E-state index contributed by atoms with van der Waals surface area (Å²) in [5, 5.41) is 4.04. The van der Waals surface area contributed by atoms with Crippen molar-refractivity contribution in [3.05, 3.63) is 120 Å². The summed E-state index contributed by atoms with van der Waals surface area (Å²) in [5.74, 6) is -1.32. The van der Waals surface area contributed by atoms with Gasteiger partial charge in [-0.3, -0.25) is 5.43 Å². The maximum absolute atomic E-state index is 13.7. The fourth-order valence-electron chi connectivity index (χ4n) is 3.07. The first-order valence-corrected chi connectivity index (χ1v) is 9.45. The van der Waals surface area contributed by atoms with Crippen molar-refractivity contribution in [3.63, 3.8) is 0 Å². The Labute approximate surface area is 173 Å². The molecule has 0 spiro atoms. The smallest absolute Gasteiger partial charge is 0.151 e. The Hall–Kier alpha value is -3.99. The van der Waals surface area contributed by atoms with Crippen LogP contribution in [-0.2, 0) is 0 Å². The van der Waals surface area contributed by atoms with E-state index in [4.69, 9.17) is 0 Å². The maximum atomic E-state index is 13.7. The Bertz CT molecular complexity index is 1090. The SMILES string of the molecule is Fc1ccc(NN=Cc2ccc(N(c3ccccc3)c3ccccc3)cc2)c(F)c1. The highest BCUT2D eigenvalue weighted by Gasteiger charge is 2.11. The molecular formula is C25H19F2N3. The van der Waals surface area contributed by atoms with Gasteiger partial charge < -0.3 is 4.90 Å². The van der Waals surface area contributed by atoms with E-state index >= 15 is 0 Å². The van der Waals surface area contributed by atoms with Gasteiger partial charge in [0.15, 0.2) is 5.82 Å². The highest BCUT2D eigenvalue weighted by Crippen LogP contribution is 2.33. The third-order valence-corrected chi connectivity index (χ3v) is 4.51. The van der Waals surface area contributed by atoms with Crippen LogP contribution < -0.4 is 10.3 Å². The molecule has 1 N–H and O–H groups in total. The second-order valence-corrected chi connectivity index (χ2v) is 6.59. The zero-order chi connectivity index (χ0) is 20.8. The number of anilines is 4. The van der Waals surface area contributed by atoms with E-state index in [2.05, 4.69) is 39.7 Å². The molecule has 0 bridgehead atoms. The van der Waals surface area contributed by atoms with Gasteiger partial charge in [0.05, 0.1) is 11.9 Å². The van der Waals surface area contributed by atoms with E-state index in [9.17, 15) is 8.78 Å². The zero-order valence-corrected chi connectivity index (χ0v) is 16.0. The molecule has 3 nitrogen and oxygen atoms in total. The monoisotopic (exact) mass is 399 g/mol. The highest BCUT2D eigenvalue weighted by atomic mass is 19.1. The molecule has 4 rings (SSSR count). The van der Waals surface area contributed by atoms with E-state index in [0.29, 0.717) is 0 Å². The molecule has 0 saturated heterocycles. The number of rotatable bonds is 6. The van der Waals surface area contributed by atoms with E-state index in [1.54, 1.807) is 6.21 Å². The van der Waals surface area contributed by atoms with Gasteiger partial charge in [-0.1, -0.05) is 48.5 Å². The largest absolute Gasteiger partial charge is 0.311 e. The lowest BCUT2D eigenvalue weighted by atomic mass is 10.1. The summed E-state index contributed by atoms with van der Waals surface area (Å²) in [5.41, 5.74) is 6.66. The topological polar surface area (TPSA) is 27.6 Å². The molecule has 0 aliphatic heterocycles. The quantitative estimate of drug-likeness (QED) is 0.283. The molecule has 30 heavy (non-hydrogen) atoms. The molecule has 4 aromatic rings. The minimum atomic E-state index is -0.691. The molecule has 148 valence electrons. The van der Waals surface area contributed by atoms with Crippen LogP contribution in [0.4, 0.5) is 31.5 Å². The van der Waals surface area contributed by atoms with Gasteiger partial charge in [-0.15, -0.1) is 0 Å². The predicted molar refractivity (Wildman–Crippen MR) is 119 cm³/mol. The lowest BCUT2D eigenvalue weighted by Crippen LogP contribution is -2.09. The van der Waals surface area contributed by atoms with E-state index in [-0.39, 0.29) is 5.69 Å². The van der Waals surface area contributed by atoms with Gasteiger partial charge in [0.1, 0.15) is 5.82 Å². The number of hydrazone groups is 1. The Morgan fingerprint density at radius 1 is 0.667 bits per heavy atom. The third-order valence-electron chi connectivity index (χ3n) is 4.51. The number of halogens is 2. The molecule has 0 atom stereocenters. The molecule has 0 aliphatic rings. The average molecular weight is 399 g/mol. The van der Waals surface area contributed by atoms with Gasteiger partial charge in [0.25, 0.3) is 0 Å². The van der Waals surface area contributed by atoms with Crippen LogP contribution in [-0.4, -0.2) is 6.21 Å². The molecule has 0 fully saturated rings. The van der Waals surface area contributed by atoms with Crippen LogP contribution in [0.25, 0.3) is 0 Å². The Balaban J connectivity index is 1.55. The van der Waals surface area contributed by atoms with Crippen LogP contribution in [0, 0.1) is 11.6 Å². The van der Waals surface area contributed by atoms with E-state index < -0.39 is 11.6 Å². The summed E-state index contributed by atoms with van der Waals surface area (Å²) in [4.78, 5) is 2.16. The van der Waals surface area contributed by atoms with Crippen molar-refractivity contribution >= 4 is 29.0 Å². The summed E-state index contributed by atoms with van der Waals surface area (Å²) < 4.78 is 26.6. The number of hydrogen-bond donors (Lipinski definition) is 1. The Kier molecular flexibility index (Phi) is 5.80. The first kappa shape index (κ1) is 19.3. The summed E-state index contributed by atoms with van der Waals surface area (Å²) in [6.45, 7) is 0. The minimum Gasteiger partial charge on any atom is -0.311 e. The molecule has 5 heteroatoms. The standard InChI is InChI=1S/C25H19F2N3/c26-20-13-16-25(24(27)17-20)29-28-18-19-11-14-23(15-12-19)30(21-7-3-1-4-8-21)22-9-5-2-6-10-22/h1-18,29H. The normalized spacial score (nSPS) is 10.9. The molecule has 0 aromatic heterocycles. The predicted octanol–water partition coefficient (Wildman–Crippen LogP) is 6.88. The van der Waals surface area contributed by atoms with E-state index in [0.717, 1.165) is 28.7 Å². The number of para-hydroxylation sites is 2. The van der Waals surface area contributed by atoms with Crippen molar-refractivity contribution in [1.82, 2.24) is 0 Å². The van der Waals surface area contributed by atoms with Crippen LogP contribution in [0.15, 0.2) is 108 Å². The van der Waals surface area contributed by atoms with Crippen molar-refractivity contribution in [2.24, 2.45) is 5.10 Å². The van der Waals surface area contributed by atoms with E-state index in [1.807, 2.05) is 60.7 Å². The van der Waals surface area contributed by atoms with Crippen LogP contribution in [0.2, 0.25) is 0 Å². The zero-order valence-electron chi connectivity index (χ0n) is 16.0. The van der Waals surface area contributed by atoms with Gasteiger partial charge in [0.2, 0.25) is 0 Å². The van der Waals surface area contributed by atoms with Gasteiger partial charge in [0, 0.05) is 23.1 Å². The van der Waals surface area contributed by atoms with Gasteiger partial charge in [-0.05, 0) is 54.1 Å². The highest BCUT2D eigenvalue weighted by molar-refractivity contribution is 5.83. The number of nitrogens with one attached hydrogen (secondary N) is 1. The first-order chi connectivity index (χ1) is 14.7. The van der Waals surface area contributed by atoms with Gasteiger partial charge in [-0.25, -0.2) is 8.78 Å². The lowest BCUT2D eigenvalue weighted by molar-refractivity contribution is 0.585. The molecule has 0 unspecified atom stereocenters. The number of hydrogen-bond acceptors (Lipinski definition) is 3. The molecule has 4 aromatic carbocycles. The van der Waals surface area contributed by atoms with Crippen molar-refractivity contribution in [3.8, 4) is 0 Å². The minimum absolute atomic E-state index is 0.114. The molecule has 0 aliphatic carbocycles. The first-order valence-electron chi connectivity index (χ1n) is 9.45. The van der Waals surface area contributed by atoms with Crippen LogP contribution in [0.3, 0.4) is 0 Å². The van der Waals surface area contributed by atoms with Gasteiger partial charge >= 0.3 is 0 Å². The third kappa shape index (κ3) is 4.52.